The van der Waals surface area contributed by atoms with Crippen LogP contribution in [0.2, 0.25) is 0 Å². The molecule has 2 aromatic carbocycles. The van der Waals surface area contributed by atoms with E-state index in [1.165, 1.54) is 11.8 Å². The molecular formula is C19H16BrF2NO3S. The van der Waals surface area contributed by atoms with Gasteiger partial charge in [0.15, 0.2) is 17.9 Å². The first-order valence-corrected chi connectivity index (χ1v) is 9.49. The van der Waals surface area contributed by atoms with Crippen molar-refractivity contribution in [3.05, 3.63) is 63.0 Å². The SMILES string of the molecule is C=N/C(=C(/Br)SCCOc1ccc(F)c(C=O)c1F)c1ccc(OC)cc1. The van der Waals surface area contributed by atoms with Crippen LogP contribution in [0.4, 0.5) is 8.78 Å². The van der Waals surface area contributed by atoms with Crippen molar-refractivity contribution in [2.75, 3.05) is 19.5 Å². The van der Waals surface area contributed by atoms with Gasteiger partial charge in [0.1, 0.15) is 11.6 Å². The number of carbonyl (C=O) groups is 1. The molecule has 0 amide bonds. The van der Waals surface area contributed by atoms with Gasteiger partial charge in [0.25, 0.3) is 0 Å². The lowest BCUT2D eigenvalue weighted by atomic mass is 10.2. The Bertz CT molecular complexity index is 857. The smallest absolute Gasteiger partial charge is 0.178 e. The normalized spacial score (nSPS) is 11.6. The van der Waals surface area contributed by atoms with E-state index in [1.807, 2.05) is 24.3 Å². The van der Waals surface area contributed by atoms with Gasteiger partial charge in [-0.1, -0.05) is 0 Å². The second-order valence-electron chi connectivity index (χ2n) is 5.10. The summed E-state index contributed by atoms with van der Waals surface area (Å²) in [5.41, 5.74) is 0.865. The molecule has 0 fully saturated rings. The molecule has 0 bridgehead atoms. The Kier molecular flexibility index (Phi) is 7.99. The van der Waals surface area contributed by atoms with Gasteiger partial charge in [-0.15, -0.1) is 11.8 Å². The van der Waals surface area contributed by atoms with E-state index < -0.39 is 17.2 Å². The summed E-state index contributed by atoms with van der Waals surface area (Å²) in [4.78, 5) is 14.8. The lowest BCUT2D eigenvalue weighted by Gasteiger charge is -2.10. The highest BCUT2D eigenvalue weighted by Gasteiger charge is 2.14. The Morgan fingerprint density at radius 3 is 2.56 bits per heavy atom. The summed E-state index contributed by atoms with van der Waals surface area (Å²) in [5.74, 6) is -0.901. The highest BCUT2D eigenvalue weighted by molar-refractivity contribution is 9.14. The van der Waals surface area contributed by atoms with Crippen molar-refractivity contribution in [1.29, 1.82) is 0 Å². The van der Waals surface area contributed by atoms with Crippen LogP contribution in [-0.2, 0) is 0 Å². The van der Waals surface area contributed by atoms with E-state index in [0.29, 0.717) is 11.4 Å². The van der Waals surface area contributed by atoms with Gasteiger partial charge in [-0.05, 0) is 59.0 Å². The Morgan fingerprint density at radius 2 is 1.96 bits per heavy atom. The van der Waals surface area contributed by atoms with Crippen LogP contribution in [0, 0.1) is 11.6 Å². The van der Waals surface area contributed by atoms with Gasteiger partial charge in [0, 0.05) is 11.3 Å². The summed E-state index contributed by atoms with van der Waals surface area (Å²) in [5, 5.41) is 0. The van der Waals surface area contributed by atoms with E-state index in [1.54, 1.807) is 7.11 Å². The molecule has 0 unspecified atom stereocenters. The number of aldehydes is 1. The van der Waals surface area contributed by atoms with E-state index in [0.717, 1.165) is 27.3 Å². The number of hydrogen-bond acceptors (Lipinski definition) is 5. The number of aliphatic imine (C=N–C) groups is 1. The maximum Gasteiger partial charge on any atom is 0.178 e. The summed E-state index contributed by atoms with van der Waals surface area (Å²) < 4.78 is 38.4. The molecular weight excluding hydrogens is 440 g/mol. The molecule has 27 heavy (non-hydrogen) atoms. The number of benzene rings is 2. The number of methoxy groups -OCH3 is 1. The number of ether oxygens (including phenoxy) is 2. The predicted molar refractivity (Wildman–Crippen MR) is 108 cm³/mol. The van der Waals surface area contributed by atoms with Crippen LogP contribution >= 0.6 is 27.7 Å². The van der Waals surface area contributed by atoms with E-state index in [2.05, 4.69) is 27.6 Å². The molecule has 0 saturated heterocycles. The molecule has 142 valence electrons. The molecule has 0 radical (unpaired) electrons. The van der Waals surface area contributed by atoms with Crippen molar-refractivity contribution in [3.63, 3.8) is 0 Å². The van der Waals surface area contributed by atoms with Crippen molar-refractivity contribution < 1.29 is 23.0 Å². The summed E-state index contributed by atoms with van der Waals surface area (Å²) >= 11 is 4.85. The molecule has 0 aliphatic rings. The number of carbonyl (C=O) groups excluding carboxylic acids is 1. The monoisotopic (exact) mass is 455 g/mol. The highest BCUT2D eigenvalue weighted by atomic mass is 79.9. The van der Waals surface area contributed by atoms with Gasteiger partial charge in [0.05, 0.1) is 28.8 Å². The van der Waals surface area contributed by atoms with E-state index >= 15 is 0 Å². The fourth-order valence-electron chi connectivity index (χ4n) is 2.14. The topological polar surface area (TPSA) is 47.9 Å². The highest BCUT2D eigenvalue weighted by Crippen LogP contribution is 2.33. The van der Waals surface area contributed by atoms with Gasteiger partial charge in [0.2, 0.25) is 0 Å². The van der Waals surface area contributed by atoms with Gasteiger partial charge in [-0.25, -0.2) is 8.78 Å². The Morgan fingerprint density at radius 1 is 1.26 bits per heavy atom. The molecule has 4 nitrogen and oxygen atoms in total. The Balaban J connectivity index is 1.99. The lowest BCUT2D eigenvalue weighted by molar-refractivity contribution is 0.111. The second kappa shape index (κ2) is 10.2. The minimum absolute atomic E-state index is 0.127. The first-order valence-electron chi connectivity index (χ1n) is 7.71. The van der Waals surface area contributed by atoms with E-state index in [9.17, 15) is 13.6 Å². The van der Waals surface area contributed by atoms with Crippen molar-refractivity contribution in [2.45, 2.75) is 0 Å². The summed E-state index contributed by atoms with van der Waals surface area (Å²) in [6.45, 7) is 3.73. The molecule has 0 spiro atoms. The number of nitrogens with zero attached hydrogens (tertiary/aromatic N) is 1. The maximum atomic E-state index is 13.9. The molecule has 0 saturated carbocycles. The third kappa shape index (κ3) is 5.40. The average molecular weight is 456 g/mol. The van der Waals surface area contributed by atoms with Gasteiger partial charge >= 0.3 is 0 Å². The lowest BCUT2D eigenvalue weighted by Crippen LogP contribution is -2.04. The minimum atomic E-state index is -1.00. The van der Waals surface area contributed by atoms with Gasteiger partial charge < -0.3 is 9.47 Å². The van der Waals surface area contributed by atoms with Crippen LogP contribution in [0.25, 0.3) is 5.70 Å². The predicted octanol–water partition coefficient (Wildman–Crippen LogP) is 5.32. The molecule has 0 heterocycles. The molecule has 0 atom stereocenters. The maximum absolute atomic E-state index is 13.9. The standard InChI is InChI=1S/C19H16BrF2NO3S/c1-23-18(12-3-5-13(25-2)6-4-12)19(20)27-10-9-26-16-8-7-15(21)14(11-24)17(16)22/h3-8,11H,1,9-10H2,2H3/b19-18-. The van der Waals surface area contributed by atoms with E-state index in [4.69, 9.17) is 9.47 Å². The van der Waals surface area contributed by atoms with Crippen LogP contribution in [-0.4, -0.2) is 32.5 Å². The molecule has 0 aliphatic heterocycles. The van der Waals surface area contributed by atoms with Gasteiger partial charge in [-0.3, -0.25) is 9.79 Å². The molecule has 0 aliphatic carbocycles. The summed E-state index contributed by atoms with van der Waals surface area (Å²) in [6.07, 6.45) is 0.127. The number of halogens is 3. The van der Waals surface area contributed by atoms with E-state index in [-0.39, 0.29) is 18.6 Å². The number of hydrogen-bond donors (Lipinski definition) is 0. The molecule has 0 aromatic heterocycles. The minimum Gasteiger partial charge on any atom is -0.497 e. The zero-order valence-corrected chi connectivity index (χ0v) is 16.8. The second-order valence-corrected chi connectivity index (χ2v) is 7.52. The van der Waals surface area contributed by atoms with Crippen molar-refractivity contribution in [2.24, 2.45) is 4.99 Å². The van der Waals surface area contributed by atoms with Crippen LogP contribution < -0.4 is 9.47 Å². The van der Waals surface area contributed by atoms with Crippen LogP contribution in [0.15, 0.2) is 45.2 Å². The van der Waals surface area contributed by atoms with Crippen LogP contribution in [0.5, 0.6) is 11.5 Å². The zero-order chi connectivity index (χ0) is 19.8. The Labute approximate surface area is 168 Å². The fraction of sp³-hybridized carbons (Fsp3) is 0.158. The average Bonchev–Trinajstić information content (AvgIpc) is 2.68. The third-order valence-corrected chi connectivity index (χ3v) is 5.37. The zero-order valence-electron chi connectivity index (χ0n) is 14.4. The largest absolute Gasteiger partial charge is 0.497 e. The molecule has 2 rings (SSSR count). The van der Waals surface area contributed by atoms with Gasteiger partial charge in [-0.2, -0.15) is 0 Å². The van der Waals surface area contributed by atoms with Crippen LogP contribution in [0.3, 0.4) is 0 Å². The van der Waals surface area contributed by atoms with Crippen molar-refractivity contribution in [3.8, 4) is 11.5 Å². The quantitative estimate of drug-likeness (QED) is 0.291. The number of thioether (sulfide) groups is 1. The third-order valence-electron chi connectivity index (χ3n) is 3.49. The van der Waals surface area contributed by atoms with Crippen molar-refractivity contribution >= 4 is 46.4 Å². The van der Waals surface area contributed by atoms with Crippen molar-refractivity contribution in [1.82, 2.24) is 0 Å². The number of rotatable bonds is 9. The summed E-state index contributed by atoms with van der Waals surface area (Å²) in [7, 11) is 1.59. The molecule has 8 heteroatoms. The fourth-order valence-corrected chi connectivity index (χ4v) is 3.64. The molecule has 0 N–H and O–H groups in total. The van der Waals surface area contributed by atoms with Crippen LogP contribution in [0.1, 0.15) is 15.9 Å². The summed E-state index contributed by atoms with van der Waals surface area (Å²) in [6, 6.07) is 9.49. The first-order chi connectivity index (χ1) is 13.0. The Hall–Kier alpha value is -2.19. The first kappa shape index (κ1) is 21.1. The molecule has 2 aromatic rings.